The van der Waals surface area contributed by atoms with Gasteiger partial charge in [-0.3, -0.25) is 0 Å². The summed E-state index contributed by atoms with van der Waals surface area (Å²) in [5.74, 6) is 5.97. The highest BCUT2D eigenvalue weighted by Crippen LogP contribution is 2.34. The molecule has 1 aliphatic heterocycles. The first-order chi connectivity index (χ1) is 7.00. The van der Waals surface area contributed by atoms with Crippen molar-refractivity contribution in [2.75, 3.05) is 16.6 Å². The molecule has 0 saturated carbocycles. The zero-order valence-corrected chi connectivity index (χ0v) is 9.07. The molecule has 0 aliphatic carbocycles. The third-order valence-electron chi connectivity index (χ3n) is 2.74. The van der Waals surface area contributed by atoms with Crippen molar-refractivity contribution in [3.05, 3.63) is 17.7 Å². The van der Waals surface area contributed by atoms with E-state index in [4.69, 9.17) is 17.3 Å². The van der Waals surface area contributed by atoms with Gasteiger partial charge in [0.25, 0.3) is 0 Å². The van der Waals surface area contributed by atoms with Crippen molar-refractivity contribution < 1.29 is 0 Å². The number of benzene rings is 1. The lowest BCUT2D eigenvalue weighted by Gasteiger charge is -2.28. The molecule has 0 atom stereocenters. The lowest BCUT2D eigenvalue weighted by atomic mass is 10.1. The molecule has 6 N–H and O–H groups in total. The summed E-state index contributed by atoms with van der Waals surface area (Å²) >= 11 is 0. The van der Waals surface area contributed by atoms with Gasteiger partial charge in [0, 0.05) is 12.6 Å². The topological polar surface area (TPSA) is 84.5 Å². The summed E-state index contributed by atoms with van der Waals surface area (Å²) in [6.07, 6.45) is 0. The fraction of sp³-hybridized carbons (Fsp3) is 0.400. The van der Waals surface area contributed by atoms with Gasteiger partial charge in [0.2, 0.25) is 0 Å². The third-order valence-corrected chi connectivity index (χ3v) is 2.74. The minimum atomic E-state index is 0.352. The van der Waals surface area contributed by atoms with E-state index in [-0.39, 0.29) is 0 Å². The molecule has 1 heterocycles. The van der Waals surface area contributed by atoms with E-state index in [1.807, 2.05) is 12.1 Å². The smallest absolute Gasteiger partial charge is 0.0770 e. The Kier molecular flexibility index (Phi) is 2.21. The first-order valence-corrected chi connectivity index (χ1v) is 5.00. The molecule has 1 aromatic rings. The standard InChI is InChI=1S/C10H17N5/c1-6(2)14-5-7-3-8(11)9(12)4-10(7)15(14)13/h3-4,6H,5,11-13H2,1-2H3. The quantitative estimate of drug-likeness (QED) is 0.465. The molecule has 0 bridgehead atoms. The summed E-state index contributed by atoms with van der Waals surface area (Å²) in [6, 6.07) is 4.07. The van der Waals surface area contributed by atoms with Crippen molar-refractivity contribution in [2.45, 2.75) is 26.4 Å². The molecule has 82 valence electrons. The SMILES string of the molecule is CC(C)N1Cc2cc(N)c(N)cc2N1N. The van der Waals surface area contributed by atoms with Crippen LogP contribution in [0.15, 0.2) is 12.1 Å². The van der Waals surface area contributed by atoms with Crippen LogP contribution in [0.4, 0.5) is 17.1 Å². The van der Waals surface area contributed by atoms with Crippen LogP contribution in [0.25, 0.3) is 0 Å². The lowest BCUT2D eigenvalue weighted by molar-refractivity contribution is 0.211. The molecule has 0 spiro atoms. The van der Waals surface area contributed by atoms with Crippen molar-refractivity contribution in [3.63, 3.8) is 0 Å². The van der Waals surface area contributed by atoms with E-state index < -0.39 is 0 Å². The van der Waals surface area contributed by atoms with Crippen LogP contribution >= 0.6 is 0 Å². The monoisotopic (exact) mass is 207 g/mol. The van der Waals surface area contributed by atoms with E-state index in [0.717, 1.165) is 17.8 Å². The molecule has 1 aliphatic rings. The van der Waals surface area contributed by atoms with Crippen molar-refractivity contribution in [1.29, 1.82) is 0 Å². The van der Waals surface area contributed by atoms with Gasteiger partial charge in [0.05, 0.1) is 17.1 Å². The van der Waals surface area contributed by atoms with Crippen LogP contribution in [0.1, 0.15) is 19.4 Å². The van der Waals surface area contributed by atoms with Gasteiger partial charge >= 0.3 is 0 Å². The summed E-state index contributed by atoms with van der Waals surface area (Å²) in [6.45, 7) is 4.98. The predicted molar refractivity (Wildman–Crippen MR) is 62.6 cm³/mol. The largest absolute Gasteiger partial charge is 0.397 e. The number of rotatable bonds is 1. The number of hydrazine groups is 2. The highest BCUT2D eigenvalue weighted by atomic mass is 15.8. The van der Waals surface area contributed by atoms with Crippen molar-refractivity contribution >= 4 is 17.1 Å². The number of nitrogens with zero attached hydrogens (tertiary/aromatic N) is 2. The van der Waals surface area contributed by atoms with Gasteiger partial charge in [-0.1, -0.05) is 0 Å². The first kappa shape index (κ1) is 10.1. The highest BCUT2D eigenvalue weighted by molar-refractivity contribution is 5.73. The van der Waals surface area contributed by atoms with Crippen LogP contribution in [0.5, 0.6) is 0 Å². The van der Waals surface area contributed by atoms with Gasteiger partial charge in [-0.05, 0) is 31.5 Å². The first-order valence-electron chi connectivity index (χ1n) is 5.00. The maximum atomic E-state index is 5.97. The molecular weight excluding hydrogens is 190 g/mol. The number of nitrogens with two attached hydrogens (primary N) is 3. The second kappa shape index (κ2) is 3.29. The average Bonchev–Trinajstić information content (AvgIpc) is 2.46. The van der Waals surface area contributed by atoms with Gasteiger partial charge in [0.15, 0.2) is 0 Å². The third kappa shape index (κ3) is 1.49. The van der Waals surface area contributed by atoms with Crippen LogP contribution in [0.3, 0.4) is 0 Å². The average molecular weight is 207 g/mol. The Morgan fingerprint density at radius 2 is 1.80 bits per heavy atom. The van der Waals surface area contributed by atoms with E-state index in [1.54, 1.807) is 5.12 Å². The lowest BCUT2D eigenvalue weighted by Crippen LogP contribution is -2.46. The zero-order valence-electron chi connectivity index (χ0n) is 9.07. The molecule has 0 radical (unpaired) electrons. The van der Waals surface area contributed by atoms with E-state index in [2.05, 4.69) is 18.9 Å². The predicted octanol–water partition coefficient (Wildman–Crippen LogP) is 0.670. The van der Waals surface area contributed by atoms with Gasteiger partial charge in [-0.25, -0.2) is 11.0 Å². The molecule has 0 fully saturated rings. The Morgan fingerprint density at radius 1 is 1.20 bits per heavy atom. The molecule has 1 aromatic carbocycles. The van der Waals surface area contributed by atoms with Crippen LogP contribution in [0.2, 0.25) is 0 Å². The number of fused-ring (bicyclic) bond motifs is 1. The van der Waals surface area contributed by atoms with Gasteiger partial charge in [-0.15, -0.1) is 0 Å². The normalized spacial score (nSPS) is 16.1. The van der Waals surface area contributed by atoms with Crippen molar-refractivity contribution in [2.24, 2.45) is 5.84 Å². The maximum Gasteiger partial charge on any atom is 0.0770 e. The van der Waals surface area contributed by atoms with E-state index >= 15 is 0 Å². The minimum Gasteiger partial charge on any atom is -0.397 e. The maximum absolute atomic E-state index is 5.97. The Hall–Kier alpha value is -1.46. The van der Waals surface area contributed by atoms with E-state index in [1.165, 1.54) is 0 Å². The second-order valence-electron chi connectivity index (χ2n) is 4.15. The fourth-order valence-electron chi connectivity index (χ4n) is 1.83. The Morgan fingerprint density at radius 3 is 2.40 bits per heavy atom. The van der Waals surface area contributed by atoms with Crippen molar-refractivity contribution in [3.8, 4) is 0 Å². The number of anilines is 3. The van der Waals surface area contributed by atoms with Crippen LogP contribution < -0.4 is 22.4 Å². The minimum absolute atomic E-state index is 0.352. The van der Waals surface area contributed by atoms with Crippen LogP contribution in [0, 0.1) is 0 Å². The zero-order chi connectivity index (χ0) is 11.2. The molecule has 0 amide bonds. The number of hydrogen-bond donors (Lipinski definition) is 3. The highest BCUT2D eigenvalue weighted by Gasteiger charge is 2.27. The van der Waals surface area contributed by atoms with E-state index in [9.17, 15) is 0 Å². The summed E-state index contributed by atoms with van der Waals surface area (Å²) in [5, 5.41) is 3.71. The molecule has 2 rings (SSSR count). The van der Waals surface area contributed by atoms with Crippen LogP contribution in [-0.4, -0.2) is 11.1 Å². The Balaban J connectivity index is 2.41. The summed E-state index contributed by atoms with van der Waals surface area (Å²) in [5.41, 5.74) is 14.8. The fourth-order valence-corrected chi connectivity index (χ4v) is 1.83. The summed E-state index contributed by atoms with van der Waals surface area (Å²) in [7, 11) is 0. The molecule has 15 heavy (non-hydrogen) atoms. The number of nitrogen functional groups attached to an aromatic ring is 2. The Labute approximate surface area is 89.4 Å². The molecule has 0 unspecified atom stereocenters. The number of hydrogen-bond acceptors (Lipinski definition) is 5. The molecule has 5 nitrogen and oxygen atoms in total. The second-order valence-corrected chi connectivity index (χ2v) is 4.15. The Bertz CT molecular complexity index is 388. The molecular formula is C10H17N5. The summed E-state index contributed by atoms with van der Waals surface area (Å²) in [4.78, 5) is 0. The van der Waals surface area contributed by atoms with Gasteiger partial charge < -0.3 is 11.5 Å². The van der Waals surface area contributed by atoms with Gasteiger partial charge in [-0.2, -0.15) is 5.01 Å². The molecule has 0 aromatic heterocycles. The van der Waals surface area contributed by atoms with E-state index in [0.29, 0.717) is 17.4 Å². The summed E-state index contributed by atoms with van der Waals surface area (Å²) < 4.78 is 0. The molecule has 5 heteroatoms. The van der Waals surface area contributed by atoms with Crippen LogP contribution in [-0.2, 0) is 6.54 Å². The van der Waals surface area contributed by atoms with Crippen molar-refractivity contribution in [1.82, 2.24) is 5.01 Å². The molecule has 0 saturated heterocycles. The van der Waals surface area contributed by atoms with Gasteiger partial charge in [0.1, 0.15) is 0 Å².